The lowest BCUT2D eigenvalue weighted by Crippen LogP contribution is -2.40. The Bertz CT molecular complexity index is 487. The zero-order valence-electron chi connectivity index (χ0n) is 11.1. The molecule has 0 aromatic heterocycles. The smallest absolute Gasteiger partial charge is 0.258 e. The molecule has 6 heteroatoms. The van der Waals surface area contributed by atoms with Gasteiger partial charge in [-0.05, 0) is 53.6 Å². The molecule has 1 saturated heterocycles. The SMILES string of the molecule is O=C(COc1cccc(I)c1)NCC(=O)N1CCCC1. The Labute approximate surface area is 131 Å². The molecular weight excluding hydrogens is 371 g/mol. The standard InChI is InChI=1S/C14H17IN2O3/c15-11-4-3-5-12(8-11)20-10-13(18)16-9-14(19)17-6-1-2-7-17/h3-5,8H,1-2,6-7,9-10H2,(H,16,18). The van der Waals surface area contributed by atoms with Gasteiger partial charge in [0, 0.05) is 16.7 Å². The summed E-state index contributed by atoms with van der Waals surface area (Å²) in [5.74, 6) is 0.347. The number of ether oxygens (including phenoxy) is 1. The highest BCUT2D eigenvalue weighted by atomic mass is 127. The number of hydrogen-bond donors (Lipinski definition) is 1. The minimum Gasteiger partial charge on any atom is -0.484 e. The lowest BCUT2D eigenvalue weighted by atomic mass is 10.3. The number of hydrogen-bond acceptors (Lipinski definition) is 3. The molecule has 0 bridgehead atoms. The molecule has 2 amide bonds. The molecule has 1 aliphatic heterocycles. The normalized spacial score (nSPS) is 14.2. The number of halogens is 1. The van der Waals surface area contributed by atoms with E-state index in [4.69, 9.17) is 4.74 Å². The van der Waals surface area contributed by atoms with Gasteiger partial charge in [0.25, 0.3) is 5.91 Å². The van der Waals surface area contributed by atoms with Gasteiger partial charge in [-0.15, -0.1) is 0 Å². The molecule has 0 radical (unpaired) electrons. The number of rotatable bonds is 5. The van der Waals surface area contributed by atoms with Crippen LogP contribution in [0.2, 0.25) is 0 Å². The van der Waals surface area contributed by atoms with Crippen molar-refractivity contribution in [3.05, 3.63) is 27.8 Å². The molecule has 0 saturated carbocycles. The van der Waals surface area contributed by atoms with E-state index in [1.807, 2.05) is 18.2 Å². The van der Waals surface area contributed by atoms with Crippen LogP contribution in [0.4, 0.5) is 0 Å². The van der Waals surface area contributed by atoms with Crippen molar-refractivity contribution in [1.29, 1.82) is 0 Å². The number of benzene rings is 1. The van der Waals surface area contributed by atoms with Gasteiger partial charge in [0.2, 0.25) is 5.91 Å². The van der Waals surface area contributed by atoms with E-state index in [2.05, 4.69) is 27.9 Å². The van der Waals surface area contributed by atoms with Gasteiger partial charge in [-0.25, -0.2) is 0 Å². The summed E-state index contributed by atoms with van der Waals surface area (Å²) >= 11 is 2.18. The summed E-state index contributed by atoms with van der Waals surface area (Å²) in [4.78, 5) is 25.1. The van der Waals surface area contributed by atoms with Gasteiger partial charge in [0.05, 0.1) is 6.54 Å². The molecule has 20 heavy (non-hydrogen) atoms. The molecule has 0 spiro atoms. The van der Waals surface area contributed by atoms with Gasteiger partial charge in [-0.2, -0.15) is 0 Å². The predicted octanol–water partition coefficient (Wildman–Crippen LogP) is 1.41. The van der Waals surface area contributed by atoms with E-state index in [1.54, 1.807) is 11.0 Å². The molecule has 1 aromatic carbocycles. The largest absolute Gasteiger partial charge is 0.484 e. The third-order valence-corrected chi connectivity index (χ3v) is 3.73. The van der Waals surface area contributed by atoms with Crippen molar-refractivity contribution in [3.8, 4) is 5.75 Å². The molecule has 1 heterocycles. The van der Waals surface area contributed by atoms with Crippen molar-refractivity contribution in [1.82, 2.24) is 10.2 Å². The maximum Gasteiger partial charge on any atom is 0.258 e. The highest BCUT2D eigenvalue weighted by Crippen LogP contribution is 2.14. The van der Waals surface area contributed by atoms with E-state index in [0.29, 0.717) is 5.75 Å². The summed E-state index contributed by atoms with van der Waals surface area (Å²) in [6.07, 6.45) is 2.10. The zero-order valence-corrected chi connectivity index (χ0v) is 13.3. The molecule has 1 fully saturated rings. The van der Waals surface area contributed by atoms with Crippen LogP contribution in [0.1, 0.15) is 12.8 Å². The van der Waals surface area contributed by atoms with Crippen LogP contribution < -0.4 is 10.1 Å². The first kappa shape index (κ1) is 15.1. The molecule has 0 atom stereocenters. The molecular formula is C14H17IN2O3. The highest BCUT2D eigenvalue weighted by Gasteiger charge is 2.18. The molecule has 1 aromatic rings. The fraction of sp³-hybridized carbons (Fsp3) is 0.429. The summed E-state index contributed by atoms with van der Waals surface area (Å²) < 4.78 is 6.41. The van der Waals surface area contributed by atoms with E-state index in [9.17, 15) is 9.59 Å². The van der Waals surface area contributed by atoms with Crippen molar-refractivity contribution in [2.75, 3.05) is 26.2 Å². The minimum absolute atomic E-state index is 0.0230. The Hall–Kier alpha value is -1.31. The van der Waals surface area contributed by atoms with Crippen molar-refractivity contribution in [2.45, 2.75) is 12.8 Å². The summed E-state index contributed by atoms with van der Waals surface area (Å²) in [6, 6.07) is 7.46. The minimum atomic E-state index is -0.281. The van der Waals surface area contributed by atoms with Gasteiger partial charge < -0.3 is 15.0 Å². The lowest BCUT2D eigenvalue weighted by molar-refractivity contribution is -0.132. The predicted molar refractivity (Wildman–Crippen MR) is 83.5 cm³/mol. The second kappa shape index (κ2) is 7.47. The molecule has 108 valence electrons. The van der Waals surface area contributed by atoms with Gasteiger partial charge in [0.15, 0.2) is 6.61 Å². The summed E-state index contributed by atoms with van der Waals surface area (Å²) in [7, 11) is 0. The zero-order chi connectivity index (χ0) is 14.4. The first-order valence-electron chi connectivity index (χ1n) is 6.58. The van der Waals surface area contributed by atoms with E-state index < -0.39 is 0 Å². The van der Waals surface area contributed by atoms with Crippen LogP contribution in [-0.2, 0) is 9.59 Å². The van der Waals surface area contributed by atoms with Crippen molar-refractivity contribution < 1.29 is 14.3 Å². The fourth-order valence-electron chi connectivity index (χ4n) is 2.01. The maximum absolute atomic E-state index is 11.7. The monoisotopic (exact) mass is 388 g/mol. The summed E-state index contributed by atoms with van der Waals surface area (Å²) in [6.45, 7) is 1.57. The Morgan fingerprint density at radius 2 is 2.05 bits per heavy atom. The first-order chi connectivity index (χ1) is 9.65. The summed E-state index contributed by atoms with van der Waals surface area (Å²) in [5, 5.41) is 2.59. The van der Waals surface area contributed by atoms with Crippen LogP contribution in [0.15, 0.2) is 24.3 Å². The van der Waals surface area contributed by atoms with Gasteiger partial charge in [-0.3, -0.25) is 9.59 Å². The molecule has 5 nitrogen and oxygen atoms in total. The number of carbonyl (C=O) groups excluding carboxylic acids is 2. The molecule has 1 aliphatic rings. The Balaban J connectivity index is 1.69. The number of likely N-dealkylation sites (tertiary alicyclic amines) is 1. The van der Waals surface area contributed by atoms with Crippen LogP contribution in [-0.4, -0.2) is 43.0 Å². The highest BCUT2D eigenvalue weighted by molar-refractivity contribution is 14.1. The van der Waals surface area contributed by atoms with E-state index >= 15 is 0 Å². The number of amides is 2. The fourth-order valence-corrected chi connectivity index (χ4v) is 2.52. The third kappa shape index (κ3) is 4.66. The van der Waals surface area contributed by atoms with Crippen LogP contribution in [0, 0.1) is 3.57 Å². The average Bonchev–Trinajstić information content (AvgIpc) is 2.97. The van der Waals surface area contributed by atoms with Gasteiger partial charge in [-0.1, -0.05) is 6.07 Å². The van der Waals surface area contributed by atoms with Crippen molar-refractivity contribution >= 4 is 34.4 Å². The number of carbonyl (C=O) groups is 2. The summed E-state index contributed by atoms with van der Waals surface area (Å²) in [5.41, 5.74) is 0. The van der Waals surface area contributed by atoms with E-state index in [1.165, 1.54) is 0 Å². The van der Waals surface area contributed by atoms with Crippen LogP contribution in [0.3, 0.4) is 0 Å². The van der Waals surface area contributed by atoms with Crippen LogP contribution in [0.5, 0.6) is 5.75 Å². The molecule has 1 N–H and O–H groups in total. The quantitative estimate of drug-likeness (QED) is 0.777. The maximum atomic E-state index is 11.7. The van der Waals surface area contributed by atoms with Crippen LogP contribution in [0.25, 0.3) is 0 Å². The Morgan fingerprint density at radius 3 is 2.75 bits per heavy atom. The third-order valence-electron chi connectivity index (χ3n) is 3.06. The van der Waals surface area contributed by atoms with E-state index in [0.717, 1.165) is 29.5 Å². The second-order valence-electron chi connectivity index (χ2n) is 4.61. The lowest BCUT2D eigenvalue weighted by Gasteiger charge is -2.15. The van der Waals surface area contributed by atoms with Gasteiger partial charge in [0.1, 0.15) is 5.75 Å². The van der Waals surface area contributed by atoms with Crippen molar-refractivity contribution in [2.24, 2.45) is 0 Å². The topological polar surface area (TPSA) is 58.6 Å². The second-order valence-corrected chi connectivity index (χ2v) is 5.86. The number of nitrogens with zero attached hydrogens (tertiary/aromatic N) is 1. The van der Waals surface area contributed by atoms with Crippen molar-refractivity contribution in [3.63, 3.8) is 0 Å². The van der Waals surface area contributed by atoms with Crippen LogP contribution >= 0.6 is 22.6 Å². The number of nitrogens with one attached hydrogen (secondary N) is 1. The first-order valence-corrected chi connectivity index (χ1v) is 7.66. The van der Waals surface area contributed by atoms with E-state index in [-0.39, 0.29) is 25.0 Å². The van der Waals surface area contributed by atoms with Gasteiger partial charge >= 0.3 is 0 Å². The average molecular weight is 388 g/mol. The molecule has 2 rings (SSSR count). The Morgan fingerprint density at radius 1 is 1.30 bits per heavy atom. The molecule has 0 unspecified atom stereocenters. The molecule has 0 aliphatic carbocycles. The Kier molecular flexibility index (Phi) is 5.63.